The predicted molar refractivity (Wildman–Crippen MR) is 88.0 cm³/mol. The van der Waals surface area contributed by atoms with Crippen molar-refractivity contribution in [1.82, 2.24) is 24.6 Å². The van der Waals surface area contributed by atoms with Gasteiger partial charge in [-0.25, -0.2) is 4.68 Å². The number of nitrogens with zero attached hydrogens (tertiary/aromatic N) is 5. The van der Waals surface area contributed by atoms with Crippen LogP contribution in [0.5, 0.6) is 0 Å². The zero-order valence-electron chi connectivity index (χ0n) is 13.8. The summed E-state index contributed by atoms with van der Waals surface area (Å²) in [6.07, 6.45) is 5.85. The van der Waals surface area contributed by atoms with Crippen molar-refractivity contribution in [3.05, 3.63) is 52.0 Å². The molecular formula is C17H23N5O. The topological polar surface area (TPSA) is 63.9 Å². The van der Waals surface area contributed by atoms with Crippen LogP contribution in [0.3, 0.4) is 0 Å². The highest BCUT2D eigenvalue weighted by molar-refractivity contribution is 5.01. The maximum atomic E-state index is 11.9. The van der Waals surface area contributed by atoms with Crippen LogP contribution in [0, 0.1) is 19.8 Å². The first-order valence-corrected chi connectivity index (χ1v) is 8.15. The van der Waals surface area contributed by atoms with Crippen LogP contribution in [0.15, 0.2) is 29.3 Å². The van der Waals surface area contributed by atoms with E-state index in [9.17, 15) is 4.79 Å². The van der Waals surface area contributed by atoms with Gasteiger partial charge in [0.1, 0.15) is 0 Å². The SMILES string of the molecule is Cc1cnc(CN2CCC(Cn3nc(C)ccc3=O)CC2)cn1. The first-order valence-electron chi connectivity index (χ1n) is 8.15. The van der Waals surface area contributed by atoms with Crippen LogP contribution >= 0.6 is 0 Å². The fourth-order valence-electron chi connectivity index (χ4n) is 2.98. The van der Waals surface area contributed by atoms with Gasteiger partial charge in [-0.15, -0.1) is 0 Å². The van der Waals surface area contributed by atoms with E-state index >= 15 is 0 Å². The van der Waals surface area contributed by atoms with Crippen LogP contribution in [0.2, 0.25) is 0 Å². The molecule has 0 saturated carbocycles. The van der Waals surface area contributed by atoms with Crippen LogP contribution in [0.4, 0.5) is 0 Å². The number of aromatic nitrogens is 4. The Bertz CT molecular complexity index is 702. The minimum Gasteiger partial charge on any atom is -0.297 e. The summed E-state index contributed by atoms with van der Waals surface area (Å²) in [5.74, 6) is 0.516. The van der Waals surface area contributed by atoms with Crippen molar-refractivity contribution in [1.29, 1.82) is 0 Å². The molecule has 0 aliphatic carbocycles. The molecule has 6 nitrogen and oxygen atoms in total. The third-order valence-corrected chi connectivity index (χ3v) is 4.36. The van der Waals surface area contributed by atoms with Gasteiger partial charge in [0.2, 0.25) is 0 Å². The lowest BCUT2D eigenvalue weighted by molar-refractivity contribution is 0.161. The summed E-state index contributed by atoms with van der Waals surface area (Å²) >= 11 is 0. The van der Waals surface area contributed by atoms with E-state index in [1.807, 2.05) is 26.2 Å². The minimum absolute atomic E-state index is 0.00652. The van der Waals surface area contributed by atoms with E-state index in [0.29, 0.717) is 5.92 Å². The van der Waals surface area contributed by atoms with Crippen molar-refractivity contribution in [3.8, 4) is 0 Å². The molecular weight excluding hydrogens is 290 g/mol. The van der Waals surface area contributed by atoms with Gasteiger partial charge in [0.05, 0.1) is 17.1 Å². The molecule has 0 radical (unpaired) electrons. The van der Waals surface area contributed by atoms with Crippen molar-refractivity contribution in [2.45, 2.75) is 39.8 Å². The van der Waals surface area contributed by atoms with Gasteiger partial charge in [-0.2, -0.15) is 5.10 Å². The van der Waals surface area contributed by atoms with E-state index in [1.165, 1.54) is 0 Å². The van der Waals surface area contributed by atoms with Crippen molar-refractivity contribution >= 4 is 0 Å². The second kappa shape index (κ2) is 7.00. The molecule has 0 atom stereocenters. The van der Waals surface area contributed by atoms with E-state index in [1.54, 1.807) is 16.8 Å². The molecule has 23 heavy (non-hydrogen) atoms. The Morgan fingerprint density at radius 2 is 1.87 bits per heavy atom. The van der Waals surface area contributed by atoms with E-state index in [-0.39, 0.29) is 5.56 Å². The number of likely N-dealkylation sites (tertiary alicyclic amines) is 1. The maximum Gasteiger partial charge on any atom is 0.266 e. The molecule has 1 aliphatic heterocycles. The Kier molecular flexibility index (Phi) is 4.81. The normalized spacial score (nSPS) is 16.6. The molecule has 2 aromatic heterocycles. The molecule has 1 aliphatic rings. The van der Waals surface area contributed by atoms with Crippen LogP contribution in [0.1, 0.15) is 29.9 Å². The van der Waals surface area contributed by atoms with Crippen molar-refractivity contribution in [2.75, 3.05) is 13.1 Å². The van der Waals surface area contributed by atoms with Crippen LogP contribution in [-0.4, -0.2) is 37.7 Å². The van der Waals surface area contributed by atoms with Crippen LogP contribution < -0.4 is 5.56 Å². The first-order chi connectivity index (χ1) is 11.1. The number of hydrogen-bond acceptors (Lipinski definition) is 5. The molecule has 3 heterocycles. The van der Waals surface area contributed by atoms with Gasteiger partial charge in [0.25, 0.3) is 5.56 Å². The monoisotopic (exact) mass is 313 g/mol. The first kappa shape index (κ1) is 15.8. The third kappa shape index (κ3) is 4.22. The van der Waals surface area contributed by atoms with Gasteiger partial charge in [-0.3, -0.25) is 19.7 Å². The van der Waals surface area contributed by atoms with E-state index < -0.39 is 0 Å². The van der Waals surface area contributed by atoms with E-state index in [2.05, 4.69) is 20.0 Å². The molecule has 0 bridgehead atoms. The van der Waals surface area contributed by atoms with E-state index in [4.69, 9.17) is 0 Å². The molecule has 0 spiro atoms. The average Bonchev–Trinajstić information content (AvgIpc) is 2.55. The lowest BCUT2D eigenvalue weighted by Crippen LogP contribution is -2.36. The Hall–Kier alpha value is -2.08. The second-order valence-corrected chi connectivity index (χ2v) is 6.36. The summed E-state index contributed by atoms with van der Waals surface area (Å²) in [6, 6.07) is 3.37. The number of rotatable bonds is 4. The summed E-state index contributed by atoms with van der Waals surface area (Å²) in [5.41, 5.74) is 2.85. The zero-order valence-corrected chi connectivity index (χ0v) is 13.8. The maximum absolute atomic E-state index is 11.9. The lowest BCUT2D eigenvalue weighted by Gasteiger charge is -2.31. The van der Waals surface area contributed by atoms with Gasteiger partial charge in [-0.1, -0.05) is 0 Å². The fourth-order valence-corrected chi connectivity index (χ4v) is 2.98. The molecule has 0 amide bonds. The Morgan fingerprint density at radius 1 is 1.09 bits per heavy atom. The van der Waals surface area contributed by atoms with Crippen molar-refractivity contribution in [2.24, 2.45) is 5.92 Å². The highest BCUT2D eigenvalue weighted by Crippen LogP contribution is 2.19. The zero-order chi connectivity index (χ0) is 16.2. The molecule has 0 N–H and O–H groups in total. The largest absolute Gasteiger partial charge is 0.297 e. The van der Waals surface area contributed by atoms with Gasteiger partial charge in [0, 0.05) is 31.5 Å². The summed E-state index contributed by atoms with van der Waals surface area (Å²) in [4.78, 5) is 23.0. The molecule has 0 aromatic carbocycles. The molecule has 3 rings (SSSR count). The molecule has 122 valence electrons. The third-order valence-electron chi connectivity index (χ3n) is 4.36. The Balaban J connectivity index is 1.53. The number of aryl methyl sites for hydroxylation is 2. The van der Waals surface area contributed by atoms with Crippen molar-refractivity contribution in [3.63, 3.8) is 0 Å². The summed E-state index contributed by atoms with van der Waals surface area (Å²) in [6.45, 7) is 7.49. The van der Waals surface area contributed by atoms with Gasteiger partial charge in [0.15, 0.2) is 0 Å². The Morgan fingerprint density at radius 3 is 2.57 bits per heavy atom. The van der Waals surface area contributed by atoms with Crippen molar-refractivity contribution < 1.29 is 0 Å². The highest BCUT2D eigenvalue weighted by Gasteiger charge is 2.20. The Labute approximate surface area is 136 Å². The summed E-state index contributed by atoms with van der Waals surface area (Å²) in [7, 11) is 0. The van der Waals surface area contributed by atoms with Gasteiger partial charge >= 0.3 is 0 Å². The average molecular weight is 313 g/mol. The molecule has 1 saturated heterocycles. The van der Waals surface area contributed by atoms with Gasteiger partial charge < -0.3 is 0 Å². The van der Waals surface area contributed by atoms with E-state index in [0.717, 1.165) is 56.1 Å². The molecule has 1 fully saturated rings. The molecule has 2 aromatic rings. The quantitative estimate of drug-likeness (QED) is 0.857. The van der Waals surface area contributed by atoms with Crippen LogP contribution in [0.25, 0.3) is 0 Å². The molecule has 0 unspecified atom stereocenters. The number of hydrogen-bond donors (Lipinski definition) is 0. The summed E-state index contributed by atoms with van der Waals surface area (Å²) < 4.78 is 1.61. The van der Waals surface area contributed by atoms with Gasteiger partial charge in [-0.05, 0) is 51.8 Å². The van der Waals surface area contributed by atoms with Crippen LogP contribution in [-0.2, 0) is 13.1 Å². The predicted octanol–water partition coefficient (Wildman–Crippen LogP) is 1.56. The lowest BCUT2D eigenvalue weighted by atomic mass is 9.97. The fraction of sp³-hybridized carbons (Fsp3) is 0.529. The smallest absolute Gasteiger partial charge is 0.266 e. The molecule has 6 heteroatoms. The summed E-state index contributed by atoms with van der Waals surface area (Å²) in [5, 5.41) is 4.33. The number of piperidine rings is 1. The second-order valence-electron chi connectivity index (χ2n) is 6.36. The standard InChI is InChI=1S/C17H23N5O/c1-13-3-4-17(23)22(20-13)11-15-5-7-21(8-6-15)12-16-10-18-14(2)9-19-16/h3-4,9-10,15H,5-8,11-12H2,1-2H3. The highest BCUT2D eigenvalue weighted by atomic mass is 16.1. The minimum atomic E-state index is -0.00652.